The summed E-state index contributed by atoms with van der Waals surface area (Å²) in [5, 5.41) is 31.4. The Morgan fingerprint density at radius 3 is 1.91 bits per heavy atom. The number of carbonyl (C=O) groups is 4. The highest BCUT2D eigenvalue weighted by Crippen LogP contribution is 2.16. The van der Waals surface area contributed by atoms with Crippen molar-refractivity contribution in [3.05, 3.63) is 65.5 Å². The number of ether oxygens (including phenoxy) is 1. The Morgan fingerprint density at radius 1 is 0.818 bits per heavy atom. The van der Waals surface area contributed by atoms with Crippen molar-refractivity contribution in [2.45, 2.75) is 38.0 Å². The fraction of sp³-hybridized carbons (Fsp3) is 0.273. The molecule has 11 heteroatoms. The lowest BCUT2D eigenvalue weighted by atomic mass is 10.1. The Hall–Kier alpha value is -4.15. The average molecular weight is 462 g/mol. The Labute approximate surface area is 188 Å². The van der Waals surface area contributed by atoms with E-state index in [9.17, 15) is 28.7 Å². The summed E-state index contributed by atoms with van der Waals surface area (Å²) in [6, 6.07) is 8.41. The number of benzene rings is 2. The van der Waals surface area contributed by atoms with Crippen LogP contribution in [0.1, 0.15) is 24.0 Å². The van der Waals surface area contributed by atoms with Crippen molar-refractivity contribution < 1.29 is 43.6 Å². The van der Waals surface area contributed by atoms with Gasteiger partial charge in [-0.2, -0.15) is 0 Å². The molecule has 2 amide bonds. The Bertz CT molecular complexity index is 979. The van der Waals surface area contributed by atoms with Crippen LogP contribution in [0.5, 0.6) is 5.75 Å². The van der Waals surface area contributed by atoms with Crippen molar-refractivity contribution in [3.8, 4) is 5.75 Å². The lowest BCUT2D eigenvalue weighted by Crippen LogP contribution is -2.51. The van der Waals surface area contributed by atoms with Crippen molar-refractivity contribution in [1.82, 2.24) is 10.6 Å². The van der Waals surface area contributed by atoms with Crippen LogP contribution in [0.2, 0.25) is 0 Å². The first kappa shape index (κ1) is 25.1. The van der Waals surface area contributed by atoms with Crippen LogP contribution in [0.25, 0.3) is 0 Å². The molecular formula is C22H23FN2O8. The number of nitrogens with one attached hydrogen (secondary N) is 2. The third-order valence-electron chi connectivity index (χ3n) is 4.54. The Balaban J connectivity index is 1.91. The molecule has 2 aromatic rings. The van der Waals surface area contributed by atoms with Crippen LogP contribution in [-0.2, 0) is 27.4 Å². The zero-order valence-electron chi connectivity index (χ0n) is 17.4. The second kappa shape index (κ2) is 12.0. The number of hydrogen-bond donors (Lipinski definition) is 5. The summed E-state index contributed by atoms with van der Waals surface area (Å²) in [4.78, 5) is 45.4. The maximum Gasteiger partial charge on any atom is 0.326 e. The third-order valence-corrected chi connectivity index (χ3v) is 4.54. The van der Waals surface area contributed by atoms with Gasteiger partial charge >= 0.3 is 23.9 Å². The number of amides is 2. The van der Waals surface area contributed by atoms with Crippen molar-refractivity contribution in [1.29, 1.82) is 0 Å². The van der Waals surface area contributed by atoms with Gasteiger partial charge in [0, 0.05) is 12.8 Å². The van der Waals surface area contributed by atoms with Crippen LogP contribution in [0.15, 0.2) is 48.5 Å². The highest BCUT2D eigenvalue weighted by molar-refractivity contribution is 5.86. The summed E-state index contributed by atoms with van der Waals surface area (Å²) in [6.45, 7) is 0.214. The molecule has 2 atom stereocenters. The third kappa shape index (κ3) is 8.85. The molecule has 0 aliphatic carbocycles. The van der Waals surface area contributed by atoms with E-state index in [0.717, 1.165) is 5.56 Å². The highest BCUT2D eigenvalue weighted by Gasteiger charge is 2.25. The van der Waals surface area contributed by atoms with Crippen molar-refractivity contribution in [3.63, 3.8) is 0 Å². The van der Waals surface area contributed by atoms with Gasteiger partial charge in [-0.1, -0.05) is 24.3 Å². The molecule has 0 aromatic heterocycles. The molecule has 0 aliphatic heterocycles. The van der Waals surface area contributed by atoms with Gasteiger partial charge in [0.25, 0.3) is 0 Å². The number of hydrogen-bond acceptors (Lipinski definition) is 5. The number of carbonyl (C=O) groups excluding carboxylic acids is 1. The smallest absolute Gasteiger partial charge is 0.326 e. The molecule has 0 saturated carbocycles. The second-order valence-corrected chi connectivity index (χ2v) is 7.10. The monoisotopic (exact) mass is 462 g/mol. The zero-order valence-corrected chi connectivity index (χ0v) is 17.4. The molecule has 0 aliphatic rings. The van der Waals surface area contributed by atoms with E-state index in [1.165, 1.54) is 12.1 Å². The zero-order chi connectivity index (χ0) is 24.4. The summed E-state index contributed by atoms with van der Waals surface area (Å²) < 4.78 is 18.5. The molecule has 2 aromatic carbocycles. The van der Waals surface area contributed by atoms with E-state index >= 15 is 0 Å². The molecule has 2 rings (SSSR count). The van der Waals surface area contributed by atoms with Crippen molar-refractivity contribution in [2.24, 2.45) is 0 Å². The van der Waals surface area contributed by atoms with Crippen LogP contribution in [-0.4, -0.2) is 51.3 Å². The van der Waals surface area contributed by atoms with Crippen LogP contribution < -0.4 is 15.4 Å². The fourth-order valence-corrected chi connectivity index (χ4v) is 2.79. The van der Waals surface area contributed by atoms with Gasteiger partial charge in [0.1, 0.15) is 30.3 Å². The number of rotatable bonds is 12. The molecule has 0 saturated heterocycles. The summed E-state index contributed by atoms with van der Waals surface area (Å²) in [7, 11) is 0. The van der Waals surface area contributed by atoms with Gasteiger partial charge in [0.05, 0.1) is 0 Å². The van der Waals surface area contributed by atoms with E-state index in [0.29, 0.717) is 11.3 Å². The van der Waals surface area contributed by atoms with E-state index in [-0.39, 0.29) is 25.3 Å². The average Bonchev–Trinajstić information content (AvgIpc) is 2.76. The maximum absolute atomic E-state index is 12.9. The first-order valence-electron chi connectivity index (χ1n) is 9.84. The largest absolute Gasteiger partial charge is 0.489 e. The summed E-state index contributed by atoms with van der Waals surface area (Å²) >= 11 is 0. The summed E-state index contributed by atoms with van der Waals surface area (Å²) in [6.07, 6.45) is -0.918. The Morgan fingerprint density at radius 2 is 1.36 bits per heavy atom. The van der Waals surface area contributed by atoms with E-state index < -0.39 is 42.4 Å². The number of aliphatic carboxylic acids is 3. The van der Waals surface area contributed by atoms with E-state index in [4.69, 9.17) is 14.9 Å². The molecule has 0 spiro atoms. The fourth-order valence-electron chi connectivity index (χ4n) is 2.79. The lowest BCUT2D eigenvalue weighted by molar-refractivity contribution is -0.140. The van der Waals surface area contributed by atoms with Gasteiger partial charge in [-0.25, -0.2) is 18.8 Å². The number of carboxylic acid groups (broad SMARTS) is 3. The molecule has 0 unspecified atom stereocenters. The number of carboxylic acids is 3. The predicted octanol–water partition coefficient (Wildman–Crippen LogP) is 2.02. The van der Waals surface area contributed by atoms with Gasteiger partial charge < -0.3 is 30.7 Å². The SMILES string of the molecule is O=C(O)CC[C@H](NC(=O)N[C@@H](Cc1ccc(OCc2ccc(F)cc2)cc1)C(=O)O)C(=O)O. The molecule has 0 radical (unpaired) electrons. The molecule has 176 valence electrons. The first-order valence-corrected chi connectivity index (χ1v) is 9.84. The highest BCUT2D eigenvalue weighted by atomic mass is 19.1. The van der Waals surface area contributed by atoms with Crippen LogP contribution in [0.3, 0.4) is 0 Å². The van der Waals surface area contributed by atoms with Gasteiger partial charge in [-0.15, -0.1) is 0 Å². The van der Waals surface area contributed by atoms with E-state index in [1.807, 2.05) is 0 Å². The molecule has 0 heterocycles. The second-order valence-electron chi connectivity index (χ2n) is 7.10. The van der Waals surface area contributed by atoms with Gasteiger partial charge in [-0.3, -0.25) is 4.79 Å². The quantitative estimate of drug-likeness (QED) is 0.320. The minimum absolute atomic E-state index is 0.0894. The summed E-state index contributed by atoms with van der Waals surface area (Å²) in [5.74, 6) is -3.84. The summed E-state index contributed by atoms with van der Waals surface area (Å²) in [5.41, 5.74) is 1.34. The molecule has 5 N–H and O–H groups in total. The molecular weight excluding hydrogens is 439 g/mol. The lowest BCUT2D eigenvalue weighted by Gasteiger charge is -2.18. The predicted molar refractivity (Wildman–Crippen MR) is 112 cm³/mol. The van der Waals surface area contributed by atoms with Crippen LogP contribution in [0, 0.1) is 5.82 Å². The minimum atomic E-state index is -1.48. The van der Waals surface area contributed by atoms with Crippen LogP contribution in [0.4, 0.5) is 9.18 Å². The molecule has 10 nitrogen and oxygen atoms in total. The first-order chi connectivity index (χ1) is 15.6. The van der Waals surface area contributed by atoms with Gasteiger partial charge in [0.15, 0.2) is 0 Å². The van der Waals surface area contributed by atoms with E-state index in [2.05, 4.69) is 10.6 Å². The molecule has 0 fully saturated rings. The van der Waals surface area contributed by atoms with Crippen molar-refractivity contribution >= 4 is 23.9 Å². The molecule has 0 bridgehead atoms. The van der Waals surface area contributed by atoms with Gasteiger partial charge in [-0.05, 0) is 41.8 Å². The standard InChI is InChI=1S/C22H23FN2O8/c23-15-5-1-14(2-6-15)12-33-16-7-3-13(4-8-16)11-18(21(30)31)25-22(32)24-17(20(28)29)9-10-19(26)27/h1-8,17-18H,9-12H2,(H,26,27)(H,28,29)(H,30,31)(H2,24,25,32)/t17-,18-/m0/s1. The van der Waals surface area contributed by atoms with E-state index in [1.54, 1.807) is 36.4 Å². The van der Waals surface area contributed by atoms with Gasteiger partial charge in [0.2, 0.25) is 0 Å². The number of urea groups is 1. The Kier molecular flexibility index (Phi) is 9.16. The van der Waals surface area contributed by atoms with Crippen LogP contribution >= 0.6 is 0 Å². The molecule has 33 heavy (non-hydrogen) atoms. The van der Waals surface area contributed by atoms with Crippen molar-refractivity contribution in [2.75, 3.05) is 0 Å². The maximum atomic E-state index is 12.9. The normalized spacial score (nSPS) is 12.3. The topological polar surface area (TPSA) is 162 Å². The number of halogens is 1. The minimum Gasteiger partial charge on any atom is -0.489 e.